The first kappa shape index (κ1) is 24.6. The summed E-state index contributed by atoms with van der Waals surface area (Å²) >= 11 is 0. The first-order chi connectivity index (χ1) is 28.3. The van der Waals surface area contributed by atoms with Gasteiger partial charge in [0.1, 0.15) is 0 Å². The molecule has 0 aliphatic carbocycles. The summed E-state index contributed by atoms with van der Waals surface area (Å²) in [6, 6.07) is 36.9. The molecule has 0 amide bonds. The molecule has 0 fully saturated rings. The molecule has 8 heteroatoms. The van der Waals surface area contributed by atoms with Crippen LogP contribution in [-0.2, 0) is 26.3 Å². The van der Waals surface area contributed by atoms with E-state index in [1.807, 2.05) is 59.0 Å². The van der Waals surface area contributed by atoms with Crippen molar-refractivity contribution in [3.8, 4) is 11.3 Å². The maximum absolute atomic E-state index is 13.4. The Hall–Kier alpha value is -5.56. The molecule has 4 nitrogen and oxygen atoms in total. The zero-order valence-corrected chi connectivity index (χ0v) is 29.1. The molecule has 0 aliphatic rings. The average Bonchev–Trinajstić information content (AvgIpc) is 3.78. The van der Waals surface area contributed by atoms with E-state index in [1.54, 1.807) is 18.2 Å². The first-order valence-corrected chi connectivity index (χ1v) is 15.8. The number of aromatic nitrogens is 3. The van der Waals surface area contributed by atoms with Crippen LogP contribution in [0.15, 0.2) is 120 Å². The molecule has 4 aromatic heterocycles. The molecule has 0 spiro atoms. The molecule has 0 saturated heterocycles. The van der Waals surface area contributed by atoms with Gasteiger partial charge in [-0.2, -0.15) is 13.2 Å². The van der Waals surface area contributed by atoms with Crippen LogP contribution in [0.25, 0.3) is 82.3 Å². The fourth-order valence-corrected chi connectivity index (χ4v) is 6.64. The fraction of sp³-hybridized carbons (Fsp3) is 0.0909. The standard InChI is InChI=1S/C30H14F3N2O.C14H14N.Ir/c31-30(32,33)17-10-11-18-16(13-17)9-12-24-28(18)35-25-7-3-1-5-19(25)21-15-27-22(14-23(21)29(35)34-24)20-6-2-4-8-26(20)36-27;1-10-4-6-13(7-5-10)14-8-11(2)12(3)9-15-14;/h1-13,15H;4-6,8-9H,1-3H3;/q2*-1;/i;1D3,2D3,3D3;. The third-order valence-corrected chi connectivity index (χ3v) is 9.03. The molecular weight excluding hydrogens is 836 g/mol. The number of fused-ring (bicyclic) bond motifs is 13. The molecule has 0 atom stereocenters. The molecule has 0 saturated carbocycles. The summed E-state index contributed by atoms with van der Waals surface area (Å²) < 4.78 is 115. The largest absolute Gasteiger partial charge is 0.500 e. The molecule has 1 radical (unpaired) electrons. The van der Waals surface area contributed by atoms with Crippen molar-refractivity contribution in [3.05, 3.63) is 150 Å². The van der Waals surface area contributed by atoms with Gasteiger partial charge in [0, 0.05) is 49.5 Å². The molecule has 4 heterocycles. The van der Waals surface area contributed by atoms with Gasteiger partial charge >= 0.3 is 6.18 Å². The SMILES string of the molecule is FC(F)(F)c1ccc2c(ccc3nc4c5[c-]c6c(cc5c5ccccc5n4c32)oc2ccccc26)c1.[2H]C([2H])([2H])c1c[c-]c(-c2cc(C([2H])([2H])[2H])c(C([2H])([2H])[2H])cn2)cc1.[Ir]. The Morgan fingerprint density at radius 3 is 2.37 bits per heavy atom. The minimum Gasteiger partial charge on any atom is -0.500 e. The Morgan fingerprint density at radius 2 is 1.58 bits per heavy atom. The predicted octanol–water partition coefficient (Wildman–Crippen LogP) is 12.1. The van der Waals surface area contributed by atoms with Gasteiger partial charge in [0.25, 0.3) is 0 Å². The Kier molecular flexibility index (Phi) is 5.95. The van der Waals surface area contributed by atoms with Crippen LogP contribution in [-0.4, -0.2) is 14.4 Å². The van der Waals surface area contributed by atoms with E-state index in [2.05, 4.69) is 17.1 Å². The van der Waals surface area contributed by atoms with Gasteiger partial charge in [0.15, 0.2) is 0 Å². The molecular formula is C44H28F3IrN3O-2. The summed E-state index contributed by atoms with van der Waals surface area (Å²) in [4.78, 5) is 8.96. The smallest absolute Gasteiger partial charge is 0.416 e. The third kappa shape index (κ3) is 5.50. The topological polar surface area (TPSA) is 43.3 Å². The van der Waals surface area contributed by atoms with E-state index >= 15 is 0 Å². The molecule has 10 rings (SSSR count). The van der Waals surface area contributed by atoms with Crippen LogP contribution >= 0.6 is 0 Å². The Balaban J connectivity index is 0.000000181. The molecule has 0 N–H and O–H groups in total. The molecule has 257 valence electrons. The number of hydrogen-bond acceptors (Lipinski definition) is 3. The average molecular weight is 873 g/mol. The molecule has 10 aromatic rings. The molecule has 6 aromatic carbocycles. The van der Waals surface area contributed by atoms with E-state index in [-0.39, 0.29) is 42.5 Å². The number of pyridine rings is 2. The number of alkyl halides is 3. The van der Waals surface area contributed by atoms with Crippen molar-refractivity contribution in [2.24, 2.45) is 0 Å². The second kappa shape index (κ2) is 12.6. The minimum atomic E-state index is -4.40. The second-order valence-corrected chi connectivity index (χ2v) is 12.2. The van der Waals surface area contributed by atoms with Crippen molar-refractivity contribution in [1.82, 2.24) is 14.4 Å². The summed E-state index contributed by atoms with van der Waals surface area (Å²) in [5.74, 6) is 0. The van der Waals surface area contributed by atoms with Crippen molar-refractivity contribution in [2.45, 2.75) is 26.7 Å². The molecule has 0 bridgehead atoms. The van der Waals surface area contributed by atoms with E-state index in [4.69, 9.17) is 21.7 Å². The van der Waals surface area contributed by atoms with Gasteiger partial charge in [0.2, 0.25) is 0 Å². The summed E-state index contributed by atoms with van der Waals surface area (Å²) in [6.45, 7) is -7.47. The van der Waals surface area contributed by atoms with Gasteiger partial charge in [-0.3, -0.25) is 4.98 Å². The summed E-state index contributed by atoms with van der Waals surface area (Å²) in [7, 11) is 0. The Bertz CT molecular complexity index is 3340. The van der Waals surface area contributed by atoms with Crippen LogP contribution in [0.2, 0.25) is 0 Å². The number of benzene rings is 6. The Morgan fingerprint density at radius 1 is 0.750 bits per heavy atom. The number of hydrogen-bond donors (Lipinski definition) is 0. The van der Waals surface area contributed by atoms with Crippen LogP contribution in [0.4, 0.5) is 13.2 Å². The van der Waals surface area contributed by atoms with Crippen molar-refractivity contribution >= 4 is 71.1 Å². The van der Waals surface area contributed by atoms with Gasteiger partial charge in [0.05, 0.1) is 33.4 Å². The predicted molar refractivity (Wildman–Crippen MR) is 199 cm³/mol. The zero-order valence-electron chi connectivity index (χ0n) is 35.7. The van der Waals surface area contributed by atoms with Gasteiger partial charge in [-0.05, 0) is 71.5 Å². The third-order valence-electron chi connectivity index (χ3n) is 9.03. The van der Waals surface area contributed by atoms with Crippen LogP contribution < -0.4 is 0 Å². The second-order valence-electron chi connectivity index (χ2n) is 12.2. The molecule has 0 unspecified atom stereocenters. The van der Waals surface area contributed by atoms with Gasteiger partial charge in [-0.25, -0.2) is 0 Å². The number of furan rings is 1. The maximum Gasteiger partial charge on any atom is 0.416 e. The van der Waals surface area contributed by atoms with Crippen molar-refractivity contribution < 1.29 is 50.0 Å². The van der Waals surface area contributed by atoms with E-state index < -0.39 is 32.3 Å². The molecule has 52 heavy (non-hydrogen) atoms. The van der Waals surface area contributed by atoms with Crippen LogP contribution in [0.3, 0.4) is 0 Å². The first-order valence-electron chi connectivity index (χ1n) is 20.3. The van der Waals surface area contributed by atoms with Crippen LogP contribution in [0.1, 0.15) is 34.6 Å². The van der Waals surface area contributed by atoms with Crippen molar-refractivity contribution in [1.29, 1.82) is 0 Å². The van der Waals surface area contributed by atoms with Crippen molar-refractivity contribution in [3.63, 3.8) is 0 Å². The monoisotopic (exact) mass is 873 g/mol. The number of para-hydroxylation sites is 2. The normalized spacial score (nSPS) is 15.2. The van der Waals surface area contributed by atoms with Crippen molar-refractivity contribution in [2.75, 3.05) is 0 Å². The van der Waals surface area contributed by atoms with Gasteiger partial charge in [-0.15, -0.1) is 41.5 Å². The number of aryl methyl sites for hydroxylation is 3. The quantitative estimate of drug-likeness (QED) is 0.122. The fourth-order valence-electron chi connectivity index (χ4n) is 6.64. The summed E-state index contributed by atoms with van der Waals surface area (Å²) in [5, 5.41) is 5.87. The van der Waals surface area contributed by atoms with E-state index in [0.29, 0.717) is 27.5 Å². The zero-order chi connectivity index (χ0) is 42.5. The number of nitrogens with zero attached hydrogens (tertiary/aromatic N) is 3. The summed E-state index contributed by atoms with van der Waals surface area (Å²) in [5.41, 5.74) is 4.05. The molecule has 0 aliphatic heterocycles. The number of imidazole rings is 1. The van der Waals surface area contributed by atoms with E-state index in [1.165, 1.54) is 30.3 Å². The maximum atomic E-state index is 13.4. The van der Waals surface area contributed by atoms with Crippen LogP contribution in [0, 0.1) is 32.7 Å². The Labute approximate surface area is 322 Å². The van der Waals surface area contributed by atoms with Gasteiger partial charge in [-0.1, -0.05) is 89.2 Å². The number of rotatable bonds is 1. The van der Waals surface area contributed by atoms with E-state index in [0.717, 1.165) is 61.4 Å². The number of halogens is 3. The minimum absolute atomic E-state index is 0. The van der Waals surface area contributed by atoms with E-state index in [9.17, 15) is 13.2 Å². The summed E-state index contributed by atoms with van der Waals surface area (Å²) in [6.07, 6.45) is -3.38. The van der Waals surface area contributed by atoms with Crippen LogP contribution in [0.5, 0.6) is 0 Å². The van der Waals surface area contributed by atoms with Gasteiger partial charge < -0.3 is 13.8 Å².